The van der Waals surface area contributed by atoms with Gasteiger partial charge in [-0.25, -0.2) is 0 Å². The van der Waals surface area contributed by atoms with Crippen molar-refractivity contribution in [2.75, 3.05) is 40.3 Å². The van der Waals surface area contributed by atoms with Gasteiger partial charge in [-0.2, -0.15) is 0 Å². The maximum absolute atomic E-state index is 11.6. The van der Waals surface area contributed by atoms with Crippen molar-refractivity contribution in [1.82, 2.24) is 15.1 Å². The molecule has 0 aliphatic rings. The molecule has 1 N–H and O–H groups in total. The molecule has 0 aliphatic heterocycles. The summed E-state index contributed by atoms with van der Waals surface area (Å²) in [6, 6.07) is 0. The lowest BCUT2D eigenvalue weighted by Crippen LogP contribution is -2.41. The Morgan fingerprint density at radius 1 is 1.17 bits per heavy atom. The minimum absolute atomic E-state index is 0.0477. The second-order valence-electron chi connectivity index (χ2n) is 5.30. The third kappa shape index (κ3) is 8.98. The first-order valence-corrected chi connectivity index (χ1v) is 6.50. The monoisotopic (exact) mass is 257 g/mol. The van der Waals surface area contributed by atoms with Crippen LogP contribution in [0.25, 0.3) is 0 Å². The summed E-state index contributed by atoms with van der Waals surface area (Å²) in [5, 5.41) is 2.82. The molecule has 5 heteroatoms. The van der Waals surface area contributed by atoms with E-state index in [2.05, 4.69) is 10.2 Å². The van der Waals surface area contributed by atoms with Gasteiger partial charge in [0, 0.05) is 20.0 Å². The van der Waals surface area contributed by atoms with E-state index >= 15 is 0 Å². The molecule has 0 aromatic heterocycles. The molecule has 0 aliphatic carbocycles. The molecular formula is C13H27N3O2. The van der Waals surface area contributed by atoms with Crippen LogP contribution in [0.1, 0.15) is 27.2 Å². The Morgan fingerprint density at radius 3 is 2.22 bits per heavy atom. The molecule has 0 fully saturated rings. The highest BCUT2D eigenvalue weighted by Crippen LogP contribution is 1.95. The fourth-order valence-electron chi connectivity index (χ4n) is 1.47. The van der Waals surface area contributed by atoms with Crippen LogP contribution in [0.4, 0.5) is 0 Å². The lowest BCUT2D eigenvalue weighted by molar-refractivity contribution is -0.134. The van der Waals surface area contributed by atoms with Crippen LogP contribution in [0.2, 0.25) is 0 Å². The molecule has 0 heterocycles. The number of carbonyl (C=O) groups is 2. The van der Waals surface area contributed by atoms with Crippen LogP contribution in [0, 0.1) is 5.92 Å². The van der Waals surface area contributed by atoms with Crippen LogP contribution >= 0.6 is 0 Å². The van der Waals surface area contributed by atoms with E-state index in [9.17, 15) is 9.59 Å². The molecule has 0 spiro atoms. The van der Waals surface area contributed by atoms with Gasteiger partial charge in [0.15, 0.2) is 0 Å². The zero-order valence-corrected chi connectivity index (χ0v) is 12.3. The number of amides is 2. The van der Waals surface area contributed by atoms with E-state index in [1.165, 1.54) is 6.92 Å². The molecule has 106 valence electrons. The maximum atomic E-state index is 11.6. The van der Waals surface area contributed by atoms with E-state index in [1.54, 1.807) is 4.90 Å². The van der Waals surface area contributed by atoms with Crippen molar-refractivity contribution in [1.29, 1.82) is 0 Å². The van der Waals surface area contributed by atoms with Crippen molar-refractivity contribution >= 4 is 11.8 Å². The normalized spacial score (nSPS) is 10.8. The van der Waals surface area contributed by atoms with Gasteiger partial charge in [0.1, 0.15) is 0 Å². The lowest BCUT2D eigenvalue weighted by atomic mass is 10.2. The Kier molecular flexibility index (Phi) is 8.37. The Labute approximate surface area is 111 Å². The molecule has 0 aromatic carbocycles. The topological polar surface area (TPSA) is 52.7 Å². The summed E-state index contributed by atoms with van der Waals surface area (Å²) in [4.78, 5) is 26.7. The fourth-order valence-corrected chi connectivity index (χ4v) is 1.47. The van der Waals surface area contributed by atoms with Crippen molar-refractivity contribution in [3.63, 3.8) is 0 Å². The predicted molar refractivity (Wildman–Crippen MR) is 73.3 cm³/mol. The number of hydrogen-bond donors (Lipinski definition) is 1. The van der Waals surface area contributed by atoms with Crippen LogP contribution in [0.5, 0.6) is 0 Å². The molecular weight excluding hydrogens is 230 g/mol. The van der Waals surface area contributed by atoms with Crippen molar-refractivity contribution < 1.29 is 9.59 Å². The van der Waals surface area contributed by atoms with E-state index in [4.69, 9.17) is 0 Å². The van der Waals surface area contributed by atoms with Crippen LogP contribution in [-0.4, -0.2) is 61.9 Å². The summed E-state index contributed by atoms with van der Waals surface area (Å²) in [5.74, 6) is 0.297. The van der Waals surface area contributed by atoms with E-state index in [1.807, 2.05) is 27.9 Å². The van der Waals surface area contributed by atoms with Crippen LogP contribution < -0.4 is 5.32 Å². The summed E-state index contributed by atoms with van der Waals surface area (Å²) in [6.45, 7) is 7.95. The average Bonchev–Trinajstić information content (AvgIpc) is 2.24. The maximum Gasteiger partial charge on any atom is 0.239 e. The number of carbonyl (C=O) groups excluding carboxylic acids is 2. The Morgan fingerprint density at radius 2 is 1.78 bits per heavy atom. The number of rotatable bonds is 8. The van der Waals surface area contributed by atoms with E-state index in [0.717, 1.165) is 13.0 Å². The van der Waals surface area contributed by atoms with Gasteiger partial charge in [-0.3, -0.25) is 9.59 Å². The summed E-state index contributed by atoms with van der Waals surface area (Å²) in [5.41, 5.74) is 0. The van der Waals surface area contributed by atoms with Gasteiger partial charge in [-0.1, -0.05) is 13.8 Å². The summed E-state index contributed by atoms with van der Waals surface area (Å²) >= 11 is 0. The zero-order chi connectivity index (χ0) is 14.1. The highest BCUT2D eigenvalue weighted by molar-refractivity contribution is 5.83. The summed E-state index contributed by atoms with van der Waals surface area (Å²) < 4.78 is 0. The van der Waals surface area contributed by atoms with Gasteiger partial charge < -0.3 is 15.1 Å². The van der Waals surface area contributed by atoms with Gasteiger partial charge in [0.25, 0.3) is 0 Å². The number of hydrogen-bond acceptors (Lipinski definition) is 3. The first-order valence-electron chi connectivity index (χ1n) is 6.50. The Balaban J connectivity index is 4.03. The Bertz CT molecular complexity index is 265. The third-order valence-electron chi connectivity index (χ3n) is 2.52. The van der Waals surface area contributed by atoms with Crippen molar-refractivity contribution in [2.24, 2.45) is 5.92 Å². The second-order valence-corrected chi connectivity index (χ2v) is 5.30. The lowest BCUT2D eigenvalue weighted by Gasteiger charge is -2.21. The Hall–Kier alpha value is -1.10. The van der Waals surface area contributed by atoms with E-state index < -0.39 is 0 Å². The molecule has 0 radical (unpaired) electrons. The molecule has 18 heavy (non-hydrogen) atoms. The van der Waals surface area contributed by atoms with Crippen LogP contribution in [0.15, 0.2) is 0 Å². The average molecular weight is 257 g/mol. The van der Waals surface area contributed by atoms with Crippen molar-refractivity contribution in [3.05, 3.63) is 0 Å². The van der Waals surface area contributed by atoms with Crippen LogP contribution in [0.3, 0.4) is 0 Å². The highest BCUT2D eigenvalue weighted by atomic mass is 16.2. The molecule has 5 nitrogen and oxygen atoms in total. The molecule has 2 amide bonds. The SMILES string of the molecule is CC(=O)N(CCCN(C)C)CC(=O)NCC(C)C. The van der Waals surface area contributed by atoms with Gasteiger partial charge in [-0.05, 0) is 33.0 Å². The smallest absolute Gasteiger partial charge is 0.239 e. The van der Waals surface area contributed by atoms with Crippen molar-refractivity contribution in [2.45, 2.75) is 27.2 Å². The van der Waals surface area contributed by atoms with E-state index in [-0.39, 0.29) is 18.4 Å². The molecule has 0 atom stereocenters. The van der Waals surface area contributed by atoms with Crippen molar-refractivity contribution in [3.8, 4) is 0 Å². The quantitative estimate of drug-likeness (QED) is 0.691. The molecule has 0 unspecified atom stereocenters. The van der Waals surface area contributed by atoms with Gasteiger partial charge in [0.2, 0.25) is 11.8 Å². The molecule has 0 bridgehead atoms. The first-order chi connectivity index (χ1) is 8.32. The molecule has 0 saturated carbocycles. The summed E-state index contributed by atoms with van der Waals surface area (Å²) in [6.07, 6.45) is 0.879. The number of nitrogens with one attached hydrogen (secondary N) is 1. The standard InChI is InChI=1S/C13H27N3O2/c1-11(2)9-14-13(18)10-16(12(3)17)8-6-7-15(4)5/h11H,6-10H2,1-5H3,(H,14,18). The minimum atomic E-state index is -0.0799. The van der Waals surface area contributed by atoms with Gasteiger partial charge >= 0.3 is 0 Å². The largest absolute Gasteiger partial charge is 0.354 e. The van der Waals surface area contributed by atoms with Gasteiger partial charge in [0.05, 0.1) is 6.54 Å². The third-order valence-corrected chi connectivity index (χ3v) is 2.52. The summed E-state index contributed by atoms with van der Waals surface area (Å²) in [7, 11) is 3.99. The highest BCUT2D eigenvalue weighted by Gasteiger charge is 2.13. The fraction of sp³-hybridized carbons (Fsp3) is 0.846. The first kappa shape index (κ1) is 16.9. The number of nitrogens with zero attached hydrogens (tertiary/aromatic N) is 2. The molecule has 0 saturated heterocycles. The molecule has 0 aromatic rings. The predicted octanol–water partition coefficient (Wildman–Crippen LogP) is 0.559. The molecule has 0 rings (SSSR count). The minimum Gasteiger partial charge on any atom is -0.354 e. The zero-order valence-electron chi connectivity index (χ0n) is 12.3. The second kappa shape index (κ2) is 8.91. The van der Waals surface area contributed by atoms with E-state index in [0.29, 0.717) is 19.0 Å². The van der Waals surface area contributed by atoms with Gasteiger partial charge in [-0.15, -0.1) is 0 Å². The van der Waals surface area contributed by atoms with Crippen LogP contribution in [-0.2, 0) is 9.59 Å².